The number of ether oxygens (including phenoxy) is 1. The zero-order chi connectivity index (χ0) is 16.4. The van der Waals surface area contributed by atoms with Gasteiger partial charge in [-0.1, -0.05) is 0 Å². The number of alkyl halides is 1. The zero-order valence-electron chi connectivity index (χ0n) is 13.5. The van der Waals surface area contributed by atoms with Crippen LogP contribution < -0.4 is 4.74 Å². The molecule has 3 rings (SSSR count). The Balaban J connectivity index is 2.31. The van der Waals surface area contributed by atoms with Crippen LogP contribution in [0, 0.1) is 6.92 Å². The first kappa shape index (κ1) is 15.9. The van der Waals surface area contributed by atoms with Crippen molar-refractivity contribution in [1.82, 2.24) is 9.55 Å². The molecule has 2 aromatic heterocycles. The second kappa shape index (κ2) is 6.62. The first-order chi connectivity index (χ1) is 11.2. The molecule has 0 N–H and O–H groups in total. The lowest BCUT2D eigenvalue weighted by Crippen LogP contribution is -2.01. The summed E-state index contributed by atoms with van der Waals surface area (Å²) in [6.07, 6.45) is 3.80. The Morgan fingerprint density at radius 2 is 2.09 bits per heavy atom. The lowest BCUT2D eigenvalue weighted by atomic mass is 10.0. The summed E-state index contributed by atoms with van der Waals surface area (Å²) in [5.74, 6) is 0.578. The molecular weight excluding hydrogens is 311 g/mol. The minimum atomic E-state index is -0.381. The monoisotopic (exact) mass is 330 g/mol. The highest BCUT2D eigenvalue weighted by Crippen LogP contribution is 2.37. The van der Waals surface area contributed by atoms with E-state index in [2.05, 4.69) is 29.4 Å². The number of thioether (sulfide) groups is 1. The molecule has 0 spiro atoms. The summed E-state index contributed by atoms with van der Waals surface area (Å²) in [6.45, 7) is 2.02. The molecule has 3 nitrogen and oxygen atoms in total. The molecule has 0 fully saturated rings. The van der Waals surface area contributed by atoms with Crippen molar-refractivity contribution in [2.24, 2.45) is 0 Å². The molecule has 23 heavy (non-hydrogen) atoms. The summed E-state index contributed by atoms with van der Waals surface area (Å²) in [5.41, 5.74) is 4.27. The summed E-state index contributed by atoms with van der Waals surface area (Å²) >= 11 is 1.70. The molecule has 2 heterocycles. The van der Waals surface area contributed by atoms with Gasteiger partial charge in [0.25, 0.3) is 0 Å². The van der Waals surface area contributed by atoms with E-state index in [4.69, 9.17) is 4.74 Å². The number of aryl methyl sites for hydroxylation is 1. The number of benzene rings is 1. The summed E-state index contributed by atoms with van der Waals surface area (Å²) in [7, 11) is 1.61. The Kier molecular flexibility index (Phi) is 4.57. The normalized spacial score (nSPS) is 11.1. The summed E-state index contributed by atoms with van der Waals surface area (Å²) in [4.78, 5) is 5.37. The van der Waals surface area contributed by atoms with Gasteiger partial charge in [-0.05, 0) is 43.0 Å². The van der Waals surface area contributed by atoms with Crippen molar-refractivity contribution in [1.29, 1.82) is 0 Å². The van der Waals surface area contributed by atoms with E-state index < -0.39 is 0 Å². The molecule has 0 aliphatic heterocycles. The van der Waals surface area contributed by atoms with Crippen LogP contribution in [0.1, 0.15) is 5.69 Å². The van der Waals surface area contributed by atoms with E-state index in [-0.39, 0.29) is 6.67 Å². The Morgan fingerprint density at radius 3 is 2.78 bits per heavy atom. The minimum absolute atomic E-state index is 0.364. The van der Waals surface area contributed by atoms with E-state index in [1.165, 1.54) is 4.90 Å². The van der Waals surface area contributed by atoms with Crippen LogP contribution in [0.3, 0.4) is 0 Å². The molecule has 0 radical (unpaired) electrons. The molecule has 5 heteroatoms. The molecule has 0 saturated carbocycles. The maximum Gasteiger partial charge on any atom is 0.213 e. The first-order valence-electron chi connectivity index (χ1n) is 7.42. The van der Waals surface area contributed by atoms with Crippen LogP contribution in [0.4, 0.5) is 4.39 Å². The predicted molar refractivity (Wildman–Crippen MR) is 94.2 cm³/mol. The van der Waals surface area contributed by atoms with Crippen molar-refractivity contribution in [2.45, 2.75) is 18.4 Å². The molecule has 0 aliphatic rings. The van der Waals surface area contributed by atoms with Gasteiger partial charge < -0.3 is 9.30 Å². The van der Waals surface area contributed by atoms with Crippen molar-refractivity contribution in [2.75, 3.05) is 20.0 Å². The van der Waals surface area contributed by atoms with Gasteiger partial charge in [0.2, 0.25) is 5.88 Å². The average Bonchev–Trinajstić information content (AvgIpc) is 2.86. The molecular formula is C18H19FN2OS. The highest BCUT2D eigenvalue weighted by Gasteiger charge is 2.16. The fourth-order valence-electron chi connectivity index (χ4n) is 3.00. The number of nitrogens with zero attached hydrogens (tertiary/aromatic N) is 2. The summed E-state index contributed by atoms with van der Waals surface area (Å²) in [6, 6.07) is 10.2. The molecule has 1 aromatic carbocycles. The number of hydrogen-bond donors (Lipinski definition) is 0. The minimum Gasteiger partial charge on any atom is -0.481 e. The fourth-order valence-corrected chi connectivity index (χ4v) is 3.44. The van der Waals surface area contributed by atoms with Crippen molar-refractivity contribution >= 4 is 22.7 Å². The van der Waals surface area contributed by atoms with E-state index in [0.29, 0.717) is 12.4 Å². The predicted octanol–water partition coefficient (Wildman–Crippen LogP) is 4.71. The second-order valence-electron chi connectivity index (χ2n) is 5.27. The largest absolute Gasteiger partial charge is 0.481 e. The van der Waals surface area contributed by atoms with Crippen LogP contribution in [-0.2, 0) is 6.54 Å². The Hall–Kier alpha value is -2.01. The van der Waals surface area contributed by atoms with Gasteiger partial charge in [-0.2, -0.15) is 0 Å². The van der Waals surface area contributed by atoms with E-state index in [0.717, 1.165) is 27.7 Å². The maximum absolute atomic E-state index is 13.0. The van der Waals surface area contributed by atoms with Gasteiger partial charge in [-0.3, -0.25) is 0 Å². The number of rotatable bonds is 5. The van der Waals surface area contributed by atoms with Crippen LogP contribution in [0.5, 0.6) is 5.88 Å². The lowest BCUT2D eigenvalue weighted by molar-refractivity contribution is 0.398. The van der Waals surface area contributed by atoms with Gasteiger partial charge >= 0.3 is 0 Å². The van der Waals surface area contributed by atoms with Crippen molar-refractivity contribution in [3.63, 3.8) is 0 Å². The van der Waals surface area contributed by atoms with Gasteiger partial charge in [-0.25, -0.2) is 9.37 Å². The molecule has 0 saturated heterocycles. The summed E-state index contributed by atoms with van der Waals surface area (Å²) < 4.78 is 20.3. The topological polar surface area (TPSA) is 27.1 Å². The van der Waals surface area contributed by atoms with E-state index in [1.54, 1.807) is 25.1 Å². The third-order valence-corrected chi connectivity index (χ3v) is 4.80. The number of aromatic nitrogens is 2. The van der Waals surface area contributed by atoms with Gasteiger partial charge in [0.15, 0.2) is 0 Å². The van der Waals surface area contributed by atoms with Gasteiger partial charge in [0.05, 0.1) is 13.7 Å². The molecule has 0 amide bonds. The molecule has 120 valence electrons. The van der Waals surface area contributed by atoms with Crippen molar-refractivity contribution < 1.29 is 9.13 Å². The first-order valence-corrected chi connectivity index (χ1v) is 8.65. The van der Waals surface area contributed by atoms with Crippen LogP contribution in [0.15, 0.2) is 41.4 Å². The number of fused-ring (bicyclic) bond motifs is 1. The molecule has 0 aliphatic carbocycles. The van der Waals surface area contributed by atoms with Gasteiger partial charge in [0, 0.05) is 39.3 Å². The average molecular weight is 330 g/mol. The fraction of sp³-hybridized carbons (Fsp3) is 0.278. The highest BCUT2D eigenvalue weighted by molar-refractivity contribution is 7.98. The van der Waals surface area contributed by atoms with Crippen LogP contribution >= 0.6 is 11.8 Å². The molecule has 0 atom stereocenters. The second-order valence-corrected chi connectivity index (χ2v) is 6.15. The Bertz CT molecular complexity index is 844. The Morgan fingerprint density at radius 1 is 1.26 bits per heavy atom. The van der Waals surface area contributed by atoms with E-state index in [1.807, 2.05) is 23.6 Å². The number of hydrogen-bond acceptors (Lipinski definition) is 3. The van der Waals surface area contributed by atoms with Crippen LogP contribution in [0.2, 0.25) is 0 Å². The van der Waals surface area contributed by atoms with E-state index in [9.17, 15) is 4.39 Å². The van der Waals surface area contributed by atoms with E-state index >= 15 is 0 Å². The van der Waals surface area contributed by atoms with Crippen LogP contribution in [0.25, 0.3) is 22.0 Å². The van der Waals surface area contributed by atoms with Crippen molar-refractivity contribution in [3.05, 3.63) is 42.2 Å². The lowest BCUT2D eigenvalue weighted by Gasteiger charge is -2.07. The van der Waals surface area contributed by atoms with Gasteiger partial charge in [0.1, 0.15) is 6.67 Å². The Labute approximate surface area is 139 Å². The highest BCUT2D eigenvalue weighted by atomic mass is 32.2. The van der Waals surface area contributed by atoms with Gasteiger partial charge in [-0.15, -0.1) is 11.8 Å². The molecule has 3 aromatic rings. The molecule has 0 unspecified atom stereocenters. The zero-order valence-corrected chi connectivity index (χ0v) is 14.3. The number of pyridine rings is 1. The quantitative estimate of drug-likeness (QED) is 0.634. The third-order valence-electron chi connectivity index (χ3n) is 4.07. The SMILES string of the molecule is COc1cc(-c2c(C)n(CCF)c3ccc(SC)cc23)ccn1. The third kappa shape index (κ3) is 2.81. The van der Waals surface area contributed by atoms with Crippen molar-refractivity contribution in [3.8, 4) is 17.0 Å². The van der Waals surface area contributed by atoms with Crippen LogP contribution in [-0.4, -0.2) is 29.6 Å². The standard InChI is InChI=1S/C18H19FN2OS/c1-12-18(13-6-8-20-17(10-13)22-2)15-11-14(23-3)4-5-16(15)21(12)9-7-19/h4-6,8,10-11H,7,9H2,1-3H3. The maximum atomic E-state index is 13.0. The number of halogens is 1. The molecule has 0 bridgehead atoms. The number of methoxy groups -OCH3 is 1. The smallest absolute Gasteiger partial charge is 0.213 e. The summed E-state index contributed by atoms with van der Waals surface area (Å²) in [5, 5.41) is 1.14.